The Morgan fingerprint density at radius 2 is 1.96 bits per heavy atom. The van der Waals surface area contributed by atoms with Crippen LogP contribution in [0.15, 0.2) is 57.9 Å². The summed E-state index contributed by atoms with van der Waals surface area (Å²) in [5.74, 6) is 1.06. The van der Waals surface area contributed by atoms with Gasteiger partial charge in [-0.3, -0.25) is 10.1 Å². The van der Waals surface area contributed by atoms with Crippen LogP contribution in [0.1, 0.15) is 16.1 Å². The summed E-state index contributed by atoms with van der Waals surface area (Å²) in [4.78, 5) is 18.2. The molecule has 0 spiro atoms. The van der Waals surface area contributed by atoms with Crippen molar-refractivity contribution in [2.24, 2.45) is 0 Å². The smallest absolute Gasteiger partial charge is 0.279 e. The highest BCUT2D eigenvalue weighted by atomic mass is 32.2. The lowest BCUT2D eigenvalue weighted by Gasteiger charge is -2.13. The molecular formula is C18H11N3O2S2. The van der Waals surface area contributed by atoms with Gasteiger partial charge < -0.3 is 4.52 Å². The fraction of sp³-hybridized carbons (Fsp3) is 0.0556. The van der Waals surface area contributed by atoms with Crippen molar-refractivity contribution < 1.29 is 9.32 Å². The van der Waals surface area contributed by atoms with E-state index < -0.39 is 0 Å². The first-order valence-electron chi connectivity index (χ1n) is 7.67. The molecule has 1 aliphatic heterocycles. The molecule has 5 rings (SSSR count). The fourth-order valence-electron chi connectivity index (χ4n) is 2.85. The van der Waals surface area contributed by atoms with Gasteiger partial charge in [-0.1, -0.05) is 40.8 Å². The van der Waals surface area contributed by atoms with Gasteiger partial charge in [0.25, 0.3) is 5.91 Å². The lowest BCUT2D eigenvalue weighted by Crippen LogP contribution is -2.14. The number of fused-ring (bicyclic) bond motifs is 4. The Labute approximate surface area is 151 Å². The van der Waals surface area contributed by atoms with Crippen molar-refractivity contribution in [3.8, 4) is 11.3 Å². The van der Waals surface area contributed by atoms with Crippen LogP contribution in [0.25, 0.3) is 21.5 Å². The maximum atomic E-state index is 12.7. The van der Waals surface area contributed by atoms with Crippen molar-refractivity contribution >= 4 is 44.4 Å². The van der Waals surface area contributed by atoms with E-state index in [1.165, 1.54) is 11.3 Å². The average molecular weight is 365 g/mol. The van der Waals surface area contributed by atoms with E-state index in [0.717, 1.165) is 26.2 Å². The predicted octanol–water partition coefficient (Wildman–Crippen LogP) is 4.81. The number of rotatable bonds is 2. The molecule has 0 bridgehead atoms. The monoisotopic (exact) mass is 365 g/mol. The summed E-state index contributed by atoms with van der Waals surface area (Å²) in [7, 11) is 0. The second kappa shape index (κ2) is 5.72. The van der Waals surface area contributed by atoms with Crippen LogP contribution in [-0.2, 0) is 5.75 Å². The minimum atomic E-state index is -0.288. The third kappa shape index (κ3) is 2.43. The molecule has 7 heteroatoms. The molecule has 5 nitrogen and oxygen atoms in total. The highest BCUT2D eigenvalue weighted by Gasteiger charge is 2.28. The van der Waals surface area contributed by atoms with E-state index >= 15 is 0 Å². The fourth-order valence-corrected chi connectivity index (χ4v) is 4.76. The van der Waals surface area contributed by atoms with E-state index in [1.54, 1.807) is 11.8 Å². The Bertz CT molecular complexity index is 1080. The molecule has 0 saturated carbocycles. The number of benzene rings is 2. The number of carbonyl (C=O) groups excluding carboxylic acids is 1. The van der Waals surface area contributed by atoms with Crippen LogP contribution in [0.2, 0.25) is 0 Å². The van der Waals surface area contributed by atoms with E-state index in [1.807, 2.05) is 48.5 Å². The second-order valence-corrected chi connectivity index (χ2v) is 7.61. The zero-order valence-corrected chi connectivity index (χ0v) is 14.5. The summed E-state index contributed by atoms with van der Waals surface area (Å²) in [6, 6.07) is 15.8. The van der Waals surface area contributed by atoms with Crippen molar-refractivity contribution in [2.45, 2.75) is 10.6 Å². The summed E-state index contributed by atoms with van der Waals surface area (Å²) in [6.45, 7) is 0. The Kier molecular flexibility index (Phi) is 3.36. The summed E-state index contributed by atoms with van der Waals surface area (Å²) >= 11 is 3.13. The van der Waals surface area contributed by atoms with Crippen LogP contribution in [-0.4, -0.2) is 16.0 Å². The Balaban J connectivity index is 1.48. The molecule has 0 radical (unpaired) electrons. The molecule has 0 aliphatic carbocycles. The molecule has 1 N–H and O–H groups in total. The van der Waals surface area contributed by atoms with E-state index in [0.29, 0.717) is 22.3 Å². The first-order valence-corrected chi connectivity index (χ1v) is 9.47. The maximum Gasteiger partial charge on any atom is 0.279 e. The molecule has 4 aromatic rings. The number of amides is 1. The van der Waals surface area contributed by atoms with Gasteiger partial charge in [0.15, 0.2) is 16.6 Å². The highest BCUT2D eigenvalue weighted by molar-refractivity contribution is 7.98. The van der Waals surface area contributed by atoms with Crippen LogP contribution in [0.5, 0.6) is 0 Å². The summed E-state index contributed by atoms with van der Waals surface area (Å²) in [5, 5.41) is 7.43. The molecular weight excluding hydrogens is 354 g/mol. The third-order valence-corrected chi connectivity index (χ3v) is 6.07. The first-order chi connectivity index (χ1) is 12.3. The lowest BCUT2D eigenvalue weighted by atomic mass is 10.1. The number of aromatic nitrogens is 2. The molecule has 2 aromatic heterocycles. The van der Waals surface area contributed by atoms with E-state index in [2.05, 4.69) is 15.5 Å². The first kappa shape index (κ1) is 14.7. The standard InChI is InChI=1S/C18H11N3O2S2/c22-17(20-18-19-12-6-2-4-8-14(12)25-18)15-11-9-24-13-7-3-1-5-10(13)16(11)23-21-15/h1-8H,9H2,(H,19,20,22). The van der Waals surface area contributed by atoms with E-state index in [4.69, 9.17) is 4.52 Å². The van der Waals surface area contributed by atoms with Crippen LogP contribution in [0.4, 0.5) is 5.13 Å². The van der Waals surface area contributed by atoms with Crippen molar-refractivity contribution in [2.75, 3.05) is 5.32 Å². The molecule has 3 heterocycles. The lowest BCUT2D eigenvalue weighted by molar-refractivity contribution is 0.101. The molecule has 0 atom stereocenters. The number of para-hydroxylation sites is 1. The number of thiazole rings is 1. The number of anilines is 1. The van der Waals surface area contributed by atoms with Gasteiger partial charge in [-0.2, -0.15) is 0 Å². The minimum absolute atomic E-state index is 0.288. The molecule has 1 amide bonds. The third-order valence-electron chi connectivity index (χ3n) is 4.02. The average Bonchev–Trinajstić information content (AvgIpc) is 3.25. The Hall–Kier alpha value is -2.64. The van der Waals surface area contributed by atoms with Gasteiger partial charge in [-0.25, -0.2) is 4.98 Å². The maximum absolute atomic E-state index is 12.7. The summed E-state index contributed by atoms with van der Waals surface area (Å²) < 4.78 is 6.52. The normalized spacial score (nSPS) is 12.6. The van der Waals surface area contributed by atoms with E-state index in [-0.39, 0.29) is 5.91 Å². The number of carbonyl (C=O) groups is 1. The van der Waals surface area contributed by atoms with Crippen molar-refractivity contribution in [1.29, 1.82) is 0 Å². The SMILES string of the molecule is O=C(Nc1nc2ccccc2s1)c1noc2c1CSc1ccccc1-2. The molecule has 122 valence electrons. The van der Waals surface area contributed by atoms with Gasteiger partial charge >= 0.3 is 0 Å². The van der Waals surface area contributed by atoms with Gasteiger partial charge in [-0.15, -0.1) is 11.8 Å². The van der Waals surface area contributed by atoms with E-state index in [9.17, 15) is 4.79 Å². The zero-order chi connectivity index (χ0) is 16.8. The molecule has 0 unspecified atom stereocenters. The second-order valence-electron chi connectivity index (χ2n) is 5.56. The Morgan fingerprint density at radius 3 is 2.88 bits per heavy atom. The van der Waals surface area contributed by atoms with Gasteiger partial charge in [0, 0.05) is 21.8 Å². The summed E-state index contributed by atoms with van der Waals surface area (Å²) in [6.07, 6.45) is 0. The van der Waals surface area contributed by atoms with Gasteiger partial charge in [0.2, 0.25) is 0 Å². The predicted molar refractivity (Wildman–Crippen MR) is 99.1 cm³/mol. The van der Waals surface area contributed by atoms with Crippen LogP contribution < -0.4 is 5.32 Å². The number of nitrogens with zero attached hydrogens (tertiary/aromatic N) is 2. The van der Waals surface area contributed by atoms with Crippen LogP contribution >= 0.6 is 23.1 Å². The minimum Gasteiger partial charge on any atom is -0.355 e. The van der Waals surface area contributed by atoms with Crippen LogP contribution in [0.3, 0.4) is 0 Å². The molecule has 2 aromatic carbocycles. The summed E-state index contributed by atoms with van der Waals surface area (Å²) in [5.41, 5.74) is 3.02. The van der Waals surface area contributed by atoms with Crippen molar-refractivity contribution in [1.82, 2.24) is 10.1 Å². The van der Waals surface area contributed by atoms with Gasteiger partial charge in [-0.05, 0) is 24.3 Å². The van der Waals surface area contributed by atoms with Crippen molar-refractivity contribution in [3.05, 3.63) is 59.8 Å². The number of hydrogen-bond donors (Lipinski definition) is 1. The molecule has 0 saturated heterocycles. The molecule has 25 heavy (non-hydrogen) atoms. The highest BCUT2D eigenvalue weighted by Crippen LogP contribution is 2.42. The van der Waals surface area contributed by atoms with Crippen molar-refractivity contribution in [3.63, 3.8) is 0 Å². The van der Waals surface area contributed by atoms with Gasteiger partial charge in [0.05, 0.1) is 10.2 Å². The molecule has 1 aliphatic rings. The quantitative estimate of drug-likeness (QED) is 0.552. The topological polar surface area (TPSA) is 68.0 Å². The molecule has 0 fully saturated rings. The number of hydrogen-bond acceptors (Lipinski definition) is 6. The zero-order valence-electron chi connectivity index (χ0n) is 12.9. The number of nitrogens with one attached hydrogen (secondary N) is 1. The van der Waals surface area contributed by atoms with Crippen LogP contribution in [0, 0.1) is 0 Å². The number of thioether (sulfide) groups is 1. The van der Waals surface area contributed by atoms with Gasteiger partial charge in [0.1, 0.15) is 0 Å². The Morgan fingerprint density at radius 1 is 1.12 bits per heavy atom. The largest absolute Gasteiger partial charge is 0.355 e.